The summed E-state index contributed by atoms with van der Waals surface area (Å²) in [5.41, 5.74) is 7.86. The van der Waals surface area contributed by atoms with Gasteiger partial charge in [-0.3, -0.25) is 9.48 Å². The molecule has 0 unspecified atom stereocenters. The highest BCUT2D eigenvalue weighted by Gasteiger charge is 2.07. The summed E-state index contributed by atoms with van der Waals surface area (Å²) < 4.78 is 1.59. The van der Waals surface area contributed by atoms with Crippen LogP contribution in [0.2, 0.25) is 0 Å². The Morgan fingerprint density at radius 3 is 2.58 bits per heavy atom. The number of hydrogen-bond donors (Lipinski definition) is 2. The Labute approximate surface area is 116 Å². The number of nitrogens with one attached hydrogen (secondary N) is 1. The minimum Gasteiger partial charge on any atom is -0.389 e. The lowest BCUT2D eigenvalue weighted by Crippen LogP contribution is -2.22. The number of aryl methyl sites for hydroxylation is 1. The van der Waals surface area contributed by atoms with E-state index in [4.69, 9.17) is 18.0 Å². The van der Waals surface area contributed by atoms with E-state index in [2.05, 4.69) is 10.4 Å². The Morgan fingerprint density at radius 2 is 2.05 bits per heavy atom. The molecule has 0 aliphatic rings. The summed E-state index contributed by atoms with van der Waals surface area (Å²) in [5, 5.41) is 6.77. The molecule has 0 atom stereocenters. The van der Waals surface area contributed by atoms with Gasteiger partial charge in [0, 0.05) is 25.4 Å². The van der Waals surface area contributed by atoms with Gasteiger partial charge in [0.15, 0.2) is 0 Å². The quantitative estimate of drug-likeness (QED) is 0.815. The fourth-order valence-electron chi connectivity index (χ4n) is 1.61. The Hall–Kier alpha value is -2.21. The first kappa shape index (κ1) is 13.2. The summed E-state index contributed by atoms with van der Waals surface area (Å²) in [6, 6.07) is 7.46. The molecule has 0 fully saturated rings. The summed E-state index contributed by atoms with van der Waals surface area (Å²) in [6.45, 7) is 0.450. The van der Waals surface area contributed by atoms with Crippen LogP contribution in [-0.4, -0.2) is 20.7 Å². The monoisotopic (exact) mass is 274 g/mol. The lowest BCUT2D eigenvalue weighted by molar-refractivity contribution is 0.0951. The van der Waals surface area contributed by atoms with Gasteiger partial charge in [0.05, 0.1) is 11.8 Å². The molecule has 0 aliphatic heterocycles. The summed E-state index contributed by atoms with van der Waals surface area (Å²) in [6.07, 6.45) is 3.20. The fourth-order valence-corrected chi connectivity index (χ4v) is 1.75. The van der Waals surface area contributed by atoms with Crippen LogP contribution in [0.5, 0.6) is 0 Å². The molecule has 1 amide bonds. The van der Waals surface area contributed by atoms with Gasteiger partial charge in [0.25, 0.3) is 5.91 Å². The molecule has 0 aliphatic carbocycles. The zero-order valence-electron chi connectivity index (χ0n) is 10.5. The zero-order chi connectivity index (χ0) is 13.8. The van der Waals surface area contributed by atoms with Crippen LogP contribution in [0.15, 0.2) is 36.7 Å². The highest BCUT2D eigenvalue weighted by atomic mass is 32.1. The van der Waals surface area contributed by atoms with E-state index in [1.165, 1.54) is 6.20 Å². The molecule has 0 spiro atoms. The molecule has 0 bridgehead atoms. The predicted octanol–water partition coefficient (Wildman–Crippen LogP) is 0.984. The molecule has 2 rings (SSSR count). The van der Waals surface area contributed by atoms with Crippen molar-refractivity contribution in [2.24, 2.45) is 12.8 Å². The molecule has 19 heavy (non-hydrogen) atoms. The van der Waals surface area contributed by atoms with Crippen molar-refractivity contribution >= 4 is 23.1 Å². The molecule has 6 heteroatoms. The average molecular weight is 274 g/mol. The second-order valence-corrected chi connectivity index (χ2v) is 4.59. The van der Waals surface area contributed by atoms with Gasteiger partial charge in [-0.2, -0.15) is 5.10 Å². The minimum atomic E-state index is -0.147. The average Bonchev–Trinajstić information content (AvgIpc) is 2.83. The lowest BCUT2D eigenvalue weighted by atomic mass is 10.1. The second-order valence-electron chi connectivity index (χ2n) is 4.15. The van der Waals surface area contributed by atoms with E-state index in [0.29, 0.717) is 17.1 Å². The number of rotatable bonds is 4. The molecule has 0 saturated carbocycles. The maximum absolute atomic E-state index is 11.8. The largest absolute Gasteiger partial charge is 0.389 e. The van der Waals surface area contributed by atoms with Crippen LogP contribution >= 0.6 is 12.2 Å². The van der Waals surface area contributed by atoms with Crippen LogP contribution in [0.4, 0.5) is 0 Å². The van der Waals surface area contributed by atoms with Crippen LogP contribution in [0.1, 0.15) is 21.5 Å². The van der Waals surface area contributed by atoms with Crippen LogP contribution < -0.4 is 11.1 Å². The maximum atomic E-state index is 11.8. The first-order valence-corrected chi connectivity index (χ1v) is 6.12. The van der Waals surface area contributed by atoms with Gasteiger partial charge in [0.1, 0.15) is 4.99 Å². The molecule has 0 radical (unpaired) electrons. The SMILES string of the molecule is Cn1cc(C(=O)NCc2ccc(C(N)=S)cc2)cn1. The first-order valence-electron chi connectivity index (χ1n) is 5.72. The van der Waals surface area contributed by atoms with Crippen molar-refractivity contribution in [3.8, 4) is 0 Å². The summed E-state index contributed by atoms with van der Waals surface area (Å²) >= 11 is 4.88. The van der Waals surface area contributed by atoms with Crippen molar-refractivity contribution in [1.82, 2.24) is 15.1 Å². The van der Waals surface area contributed by atoms with Crippen molar-refractivity contribution in [3.05, 3.63) is 53.3 Å². The third-order valence-corrected chi connectivity index (χ3v) is 2.89. The van der Waals surface area contributed by atoms with Crippen molar-refractivity contribution < 1.29 is 4.79 Å². The number of benzene rings is 1. The van der Waals surface area contributed by atoms with Crippen molar-refractivity contribution in [1.29, 1.82) is 0 Å². The molecule has 1 aromatic heterocycles. The normalized spacial score (nSPS) is 10.2. The van der Waals surface area contributed by atoms with Crippen LogP contribution in [0.25, 0.3) is 0 Å². The minimum absolute atomic E-state index is 0.147. The van der Waals surface area contributed by atoms with E-state index < -0.39 is 0 Å². The molecule has 1 aromatic carbocycles. The van der Waals surface area contributed by atoms with Crippen molar-refractivity contribution in [2.45, 2.75) is 6.54 Å². The topological polar surface area (TPSA) is 72.9 Å². The number of thiocarbonyl (C=S) groups is 1. The van der Waals surface area contributed by atoms with Crippen LogP contribution in [0, 0.1) is 0 Å². The number of hydrogen-bond acceptors (Lipinski definition) is 3. The van der Waals surface area contributed by atoms with E-state index in [0.717, 1.165) is 11.1 Å². The van der Waals surface area contributed by atoms with Gasteiger partial charge < -0.3 is 11.1 Å². The molecule has 3 N–H and O–H groups in total. The van der Waals surface area contributed by atoms with Gasteiger partial charge in [-0.25, -0.2) is 0 Å². The standard InChI is InChI=1S/C13H14N4OS/c1-17-8-11(7-16-17)13(18)15-6-9-2-4-10(5-3-9)12(14)19/h2-5,7-8H,6H2,1H3,(H2,14,19)(H,15,18). The van der Waals surface area contributed by atoms with Crippen LogP contribution in [0.3, 0.4) is 0 Å². The van der Waals surface area contributed by atoms with Gasteiger partial charge in [0.2, 0.25) is 0 Å². The Balaban J connectivity index is 1.95. The second kappa shape index (κ2) is 5.62. The Morgan fingerprint density at radius 1 is 1.37 bits per heavy atom. The first-order chi connectivity index (χ1) is 9.06. The molecule has 1 heterocycles. The van der Waals surface area contributed by atoms with Gasteiger partial charge in [-0.05, 0) is 5.56 Å². The zero-order valence-corrected chi connectivity index (χ0v) is 11.3. The van der Waals surface area contributed by atoms with Gasteiger partial charge >= 0.3 is 0 Å². The molecule has 5 nitrogen and oxygen atoms in total. The Kier molecular flexibility index (Phi) is 3.91. The predicted molar refractivity (Wildman–Crippen MR) is 76.7 cm³/mol. The summed E-state index contributed by atoms with van der Waals surface area (Å²) in [4.78, 5) is 12.2. The third kappa shape index (κ3) is 3.38. The fraction of sp³-hybridized carbons (Fsp3) is 0.154. The van der Waals surface area contributed by atoms with E-state index in [1.807, 2.05) is 24.3 Å². The smallest absolute Gasteiger partial charge is 0.254 e. The van der Waals surface area contributed by atoms with Gasteiger partial charge in [-0.1, -0.05) is 36.5 Å². The van der Waals surface area contributed by atoms with Crippen molar-refractivity contribution in [2.75, 3.05) is 0 Å². The number of carbonyl (C=O) groups is 1. The summed E-state index contributed by atoms with van der Waals surface area (Å²) in [7, 11) is 1.77. The lowest BCUT2D eigenvalue weighted by Gasteiger charge is -2.05. The maximum Gasteiger partial charge on any atom is 0.254 e. The molecule has 98 valence electrons. The molecular weight excluding hydrogens is 260 g/mol. The number of carbonyl (C=O) groups excluding carboxylic acids is 1. The van der Waals surface area contributed by atoms with Gasteiger partial charge in [-0.15, -0.1) is 0 Å². The number of aromatic nitrogens is 2. The van der Waals surface area contributed by atoms with E-state index in [9.17, 15) is 4.79 Å². The molecule has 2 aromatic rings. The highest BCUT2D eigenvalue weighted by Crippen LogP contribution is 2.05. The molecular formula is C13H14N4OS. The van der Waals surface area contributed by atoms with Crippen molar-refractivity contribution in [3.63, 3.8) is 0 Å². The Bertz CT molecular complexity index is 603. The highest BCUT2D eigenvalue weighted by molar-refractivity contribution is 7.80. The third-order valence-electron chi connectivity index (χ3n) is 2.66. The van der Waals surface area contributed by atoms with E-state index in [1.54, 1.807) is 17.9 Å². The van der Waals surface area contributed by atoms with E-state index in [-0.39, 0.29) is 5.91 Å². The van der Waals surface area contributed by atoms with Crippen LogP contribution in [-0.2, 0) is 13.6 Å². The number of nitrogens with zero attached hydrogens (tertiary/aromatic N) is 2. The number of amides is 1. The molecule has 0 saturated heterocycles. The van der Waals surface area contributed by atoms with E-state index >= 15 is 0 Å². The number of nitrogens with two attached hydrogens (primary N) is 1. The summed E-state index contributed by atoms with van der Waals surface area (Å²) in [5.74, 6) is -0.147.